The van der Waals surface area contributed by atoms with Gasteiger partial charge in [-0.3, -0.25) is 14.5 Å². The number of methoxy groups -OCH3 is 1. The molecule has 0 atom stereocenters. The smallest absolute Gasteiger partial charge is 0.305 e. The molecule has 1 aliphatic rings. The molecule has 0 aromatic heterocycles. The largest absolute Gasteiger partial charge is 0.493 e. The molecule has 1 heterocycles. The van der Waals surface area contributed by atoms with Gasteiger partial charge in [0.05, 0.1) is 18.6 Å². The minimum Gasteiger partial charge on any atom is -0.493 e. The molecule has 1 aliphatic heterocycles. The molecule has 8 heteroatoms. The third kappa shape index (κ3) is 7.08. The highest BCUT2D eigenvalue weighted by atomic mass is 32.2. The summed E-state index contributed by atoms with van der Waals surface area (Å²) in [5, 5.41) is 0. The molecule has 6 nitrogen and oxygen atoms in total. The Balaban J connectivity index is 1.62. The Kier molecular flexibility index (Phi) is 9.53. The van der Waals surface area contributed by atoms with Crippen LogP contribution in [0.15, 0.2) is 47.4 Å². The van der Waals surface area contributed by atoms with Gasteiger partial charge in [-0.05, 0) is 49.1 Å². The first kappa shape index (κ1) is 25.8. The van der Waals surface area contributed by atoms with Crippen LogP contribution in [0, 0.1) is 6.92 Å². The van der Waals surface area contributed by atoms with E-state index in [1.165, 1.54) is 22.2 Å². The number of amides is 1. The van der Waals surface area contributed by atoms with Crippen molar-refractivity contribution in [1.29, 1.82) is 0 Å². The van der Waals surface area contributed by atoms with E-state index in [0.717, 1.165) is 17.5 Å². The van der Waals surface area contributed by atoms with Gasteiger partial charge in [-0.2, -0.15) is 0 Å². The maximum Gasteiger partial charge on any atom is 0.305 e. The molecular formula is C26H29NO5S2. The van der Waals surface area contributed by atoms with E-state index in [1.807, 2.05) is 50.2 Å². The predicted octanol–water partition coefficient (Wildman–Crippen LogP) is 5.52. The molecule has 0 unspecified atom stereocenters. The van der Waals surface area contributed by atoms with Gasteiger partial charge in [0.2, 0.25) is 0 Å². The first-order valence-electron chi connectivity index (χ1n) is 11.2. The second kappa shape index (κ2) is 12.6. The third-order valence-corrected chi connectivity index (χ3v) is 6.44. The Labute approximate surface area is 210 Å². The van der Waals surface area contributed by atoms with Crippen LogP contribution in [0.5, 0.6) is 11.5 Å². The van der Waals surface area contributed by atoms with E-state index in [-0.39, 0.29) is 18.3 Å². The average molecular weight is 500 g/mol. The summed E-state index contributed by atoms with van der Waals surface area (Å²) in [6.45, 7) is 5.23. The molecule has 0 N–H and O–H groups in total. The minimum atomic E-state index is -0.250. The van der Waals surface area contributed by atoms with E-state index in [2.05, 4.69) is 6.07 Å². The Bertz CT molecular complexity index is 1080. The van der Waals surface area contributed by atoms with Gasteiger partial charge in [0.15, 0.2) is 11.5 Å². The van der Waals surface area contributed by atoms with Crippen molar-refractivity contribution in [3.05, 3.63) is 64.1 Å². The van der Waals surface area contributed by atoms with E-state index < -0.39 is 0 Å². The topological polar surface area (TPSA) is 65.1 Å². The summed E-state index contributed by atoms with van der Waals surface area (Å²) in [5.41, 5.74) is 3.06. The number of aryl methyl sites for hydroxylation is 1. The Morgan fingerprint density at radius 1 is 1.18 bits per heavy atom. The SMILES string of the molecule is CCCOC(=O)CCCN1C(=O)/C(=C\c2ccc(OCc3cccc(C)c3)c(OC)c2)SC1=S. The lowest BCUT2D eigenvalue weighted by Gasteiger charge is -2.14. The van der Waals surface area contributed by atoms with Crippen molar-refractivity contribution >= 4 is 46.3 Å². The van der Waals surface area contributed by atoms with E-state index in [1.54, 1.807) is 13.2 Å². The number of hydrogen-bond donors (Lipinski definition) is 0. The van der Waals surface area contributed by atoms with Crippen molar-refractivity contribution in [2.75, 3.05) is 20.3 Å². The van der Waals surface area contributed by atoms with Crippen molar-refractivity contribution in [1.82, 2.24) is 4.90 Å². The zero-order chi connectivity index (χ0) is 24.5. The molecule has 1 amide bonds. The van der Waals surface area contributed by atoms with Gasteiger partial charge in [-0.1, -0.05) is 66.8 Å². The number of ether oxygens (including phenoxy) is 3. The van der Waals surface area contributed by atoms with E-state index in [4.69, 9.17) is 26.4 Å². The summed E-state index contributed by atoms with van der Waals surface area (Å²) in [6.07, 6.45) is 3.35. The normalized spacial score (nSPS) is 14.6. The number of thioether (sulfide) groups is 1. The lowest BCUT2D eigenvalue weighted by molar-refractivity contribution is -0.144. The zero-order valence-electron chi connectivity index (χ0n) is 19.7. The molecule has 2 aromatic carbocycles. The summed E-state index contributed by atoms with van der Waals surface area (Å²) in [5.74, 6) is 0.807. The van der Waals surface area contributed by atoms with Gasteiger partial charge < -0.3 is 14.2 Å². The van der Waals surface area contributed by atoms with Crippen molar-refractivity contribution in [3.63, 3.8) is 0 Å². The quantitative estimate of drug-likeness (QED) is 0.229. The standard InChI is InChI=1S/C26H29NO5S2/c1-4-13-31-24(28)9-6-12-27-25(29)23(34-26(27)33)16-19-10-11-21(22(15-19)30-3)32-17-20-8-5-7-18(2)14-20/h5,7-8,10-11,14-16H,4,6,9,12-13,17H2,1-3H3/b23-16+. The number of carbonyl (C=O) groups is 2. The number of esters is 1. The second-order valence-corrected chi connectivity index (χ2v) is 9.52. The van der Waals surface area contributed by atoms with Crippen LogP contribution in [-0.4, -0.2) is 41.4 Å². The van der Waals surface area contributed by atoms with Crippen LogP contribution in [0.2, 0.25) is 0 Å². The molecule has 0 aliphatic carbocycles. The number of benzene rings is 2. The molecule has 0 bridgehead atoms. The van der Waals surface area contributed by atoms with E-state index in [0.29, 0.717) is 46.9 Å². The van der Waals surface area contributed by atoms with Crippen molar-refractivity contribution in [3.8, 4) is 11.5 Å². The van der Waals surface area contributed by atoms with Crippen LogP contribution in [0.1, 0.15) is 42.9 Å². The third-order valence-electron chi connectivity index (χ3n) is 5.07. The predicted molar refractivity (Wildman–Crippen MR) is 139 cm³/mol. The molecule has 1 fully saturated rings. The second-order valence-electron chi connectivity index (χ2n) is 7.85. The molecule has 0 radical (unpaired) electrons. The first-order chi connectivity index (χ1) is 16.4. The fourth-order valence-corrected chi connectivity index (χ4v) is 4.68. The lowest BCUT2D eigenvalue weighted by Crippen LogP contribution is -2.29. The fraction of sp³-hybridized carbons (Fsp3) is 0.346. The zero-order valence-corrected chi connectivity index (χ0v) is 21.3. The Morgan fingerprint density at radius 3 is 2.74 bits per heavy atom. The number of rotatable bonds is 11. The van der Waals surface area contributed by atoms with Crippen molar-refractivity contribution in [2.24, 2.45) is 0 Å². The summed E-state index contributed by atoms with van der Waals surface area (Å²) < 4.78 is 17.0. The molecule has 2 aromatic rings. The number of carbonyl (C=O) groups excluding carboxylic acids is 2. The van der Waals surface area contributed by atoms with Crippen LogP contribution in [-0.2, 0) is 20.9 Å². The summed E-state index contributed by atoms with van der Waals surface area (Å²) in [6, 6.07) is 13.7. The fourth-order valence-electron chi connectivity index (χ4n) is 3.37. The number of hydrogen-bond acceptors (Lipinski definition) is 7. The number of thiocarbonyl (C=S) groups is 1. The van der Waals surface area contributed by atoms with E-state index in [9.17, 15) is 9.59 Å². The molecule has 34 heavy (non-hydrogen) atoms. The van der Waals surface area contributed by atoms with Crippen LogP contribution in [0.3, 0.4) is 0 Å². The Morgan fingerprint density at radius 2 is 2.00 bits per heavy atom. The van der Waals surface area contributed by atoms with Crippen LogP contribution in [0.4, 0.5) is 0 Å². The summed E-state index contributed by atoms with van der Waals surface area (Å²) in [7, 11) is 1.59. The highest BCUT2D eigenvalue weighted by molar-refractivity contribution is 8.26. The van der Waals surface area contributed by atoms with Gasteiger partial charge in [0, 0.05) is 13.0 Å². The average Bonchev–Trinajstić information content (AvgIpc) is 3.09. The highest BCUT2D eigenvalue weighted by Crippen LogP contribution is 2.35. The monoisotopic (exact) mass is 499 g/mol. The highest BCUT2D eigenvalue weighted by Gasteiger charge is 2.31. The molecule has 0 spiro atoms. The molecular weight excluding hydrogens is 470 g/mol. The first-order valence-corrected chi connectivity index (χ1v) is 12.4. The van der Waals surface area contributed by atoms with Gasteiger partial charge >= 0.3 is 5.97 Å². The Hall–Kier alpha value is -2.84. The maximum absolute atomic E-state index is 12.9. The van der Waals surface area contributed by atoms with Gasteiger partial charge in [-0.25, -0.2) is 0 Å². The van der Waals surface area contributed by atoms with Crippen molar-refractivity contribution < 1.29 is 23.8 Å². The maximum atomic E-state index is 12.9. The van der Waals surface area contributed by atoms with Gasteiger partial charge in [-0.15, -0.1) is 0 Å². The van der Waals surface area contributed by atoms with Crippen LogP contribution >= 0.6 is 24.0 Å². The lowest BCUT2D eigenvalue weighted by atomic mass is 10.1. The minimum absolute atomic E-state index is 0.157. The molecule has 1 saturated heterocycles. The molecule has 180 valence electrons. The molecule has 0 saturated carbocycles. The summed E-state index contributed by atoms with van der Waals surface area (Å²) >= 11 is 6.64. The van der Waals surface area contributed by atoms with Gasteiger partial charge in [0.1, 0.15) is 10.9 Å². The van der Waals surface area contributed by atoms with Crippen LogP contribution in [0.25, 0.3) is 6.08 Å². The summed E-state index contributed by atoms with van der Waals surface area (Å²) in [4.78, 5) is 26.6. The van der Waals surface area contributed by atoms with Gasteiger partial charge in [0.25, 0.3) is 5.91 Å². The molecule has 3 rings (SSSR count). The van der Waals surface area contributed by atoms with E-state index >= 15 is 0 Å². The van der Waals surface area contributed by atoms with Crippen LogP contribution < -0.4 is 9.47 Å². The van der Waals surface area contributed by atoms with Crippen molar-refractivity contribution in [2.45, 2.75) is 39.7 Å². The number of nitrogens with zero attached hydrogens (tertiary/aromatic N) is 1.